The summed E-state index contributed by atoms with van der Waals surface area (Å²) >= 11 is 0. The van der Waals surface area contributed by atoms with Crippen molar-refractivity contribution < 1.29 is 9.90 Å². The van der Waals surface area contributed by atoms with E-state index in [2.05, 4.69) is 27.9 Å². The first kappa shape index (κ1) is 34.9. The molecule has 1 unspecified atom stereocenters. The van der Waals surface area contributed by atoms with Crippen molar-refractivity contribution in [3.63, 3.8) is 0 Å². The number of piperidine rings is 2. The lowest BCUT2D eigenvalue weighted by Crippen LogP contribution is -2.69. The lowest BCUT2D eigenvalue weighted by Gasteiger charge is -2.45. The number of β-amino-alcohol motifs (C(OH)–C–C–N with tert-alkyl or cyclic N) is 1. The molecule has 4 fully saturated rings. The number of hydrogen-bond acceptors (Lipinski definition) is 6. The third kappa shape index (κ3) is 12.1. The number of nitrogens with zero attached hydrogens (tertiary/aromatic N) is 1. The predicted octanol–water partition coefficient (Wildman–Crippen LogP) is 2.90. The van der Waals surface area contributed by atoms with Gasteiger partial charge in [-0.25, -0.2) is 0 Å². The normalized spacial score (nSPS) is 24.5. The van der Waals surface area contributed by atoms with Crippen LogP contribution in [-0.4, -0.2) is 80.3 Å². The number of nitrogens with one attached hydrogen (secondary N) is 3. The standard InChI is InChI=1S/C8H16N2O.C6H13N.C3H5NO.5CH4/c11-8(5-9-6-8)7-3-1-2-4-10-7;1-7-5-3-2-4-6-7;5-3-1-4-2-3;;;;;/h7,9-11H,1-6H2;2-6H2,1H3;4H,1-2H2;5*1H4. The van der Waals surface area contributed by atoms with Crippen molar-refractivity contribution in [2.24, 2.45) is 0 Å². The quantitative estimate of drug-likeness (QED) is 0.536. The number of ketones is 1. The van der Waals surface area contributed by atoms with Gasteiger partial charge in [0.05, 0.1) is 13.1 Å². The van der Waals surface area contributed by atoms with Crippen molar-refractivity contribution in [2.45, 2.75) is 87.3 Å². The Hall–Kier alpha value is -0.530. The second-order valence-electron chi connectivity index (χ2n) is 7.22. The SMILES string of the molecule is C.C.C.C.C.CN1CCCCC1.O=C1CNC1.OC1(C2CCCCN2)CNC1. The molecule has 0 aromatic heterocycles. The van der Waals surface area contributed by atoms with E-state index < -0.39 is 5.60 Å². The fourth-order valence-corrected chi connectivity index (χ4v) is 3.22. The largest absolute Gasteiger partial charge is 0.386 e. The minimum Gasteiger partial charge on any atom is -0.386 e. The summed E-state index contributed by atoms with van der Waals surface area (Å²) in [5.74, 6) is 0.324. The van der Waals surface area contributed by atoms with E-state index in [0.29, 0.717) is 24.9 Å². The maximum Gasteiger partial charge on any atom is 0.160 e. The predicted molar refractivity (Wildman–Crippen MR) is 126 cm³/mol. The van der Waals surface area contributed by atoms with Crippen molar-refractivity contribution in [3.05, 3.63) is 0 Å². The molecule has 0 aromatic rings. The highest BCUT2D eigenvalue weighted by Gasteiger charge is 2.42. The molecule has 0 spiro atoms. The Labute approximate surface area is 177 Å². The molecule has 0 saturated carbocycles. The lowest BCUT2D eigenvalue weighted by atomic mass is 9.83. The van der Waals surface area contributed by atoms with Gasteiger partial charge in [-0.1, -0.05) is 50.0 Å². The van der Waals surface area contributed by atoms with Gasteiger partial charge in [0.15, 0.2) is 5.78 Å². The van der Waals surface area contributed by atoms with Crippen LogP contribution >= 0.6 is 0 Å². The van der Waals surface area contributed by atoms with E-state index in [4.69, 9.17) is 0 Å². The summed E-state index contributed by atoms with van der Waals surface area (Å²) in [6, 6.07) is 0.345. The van der Waals surface area contributed by atoms with E-state index in [1.54, 1.807) is 0 Å². The van der Waals surface area contributed by atoms with Gasteiger partial charge in [-0.15, -0.1) is 0 Å². The van der Waals surface area contributed by atoms with Gasteiger partial charge in [0.2, 0.25) is 0 Å². The molecule has 1 atom stereocenters. The van der Waals surface area contributed by atoms with Crippen LogP contribution in [-0.2, 0) is 4.79 Å². The van der Waals surface area contributed by atoms with Gasteiger partial charge in [-0.2, -0.15) is 0 Å². The second-order valence-corrected chi connectivity index (χ2v) is 7.22. The Morgan fingerprint density at radius 2 is 1.43 bits per heavy atom. The van der Waals surface area contributed by atoms with Crippen LogP contribution in [0.5, 0.6) is 0 Å². The topological polar surface area (TPSA) is 76.6 Å². The summed E-state index contributed by atoms with van der Waals surface area (Å²) in [4.78, 5) is 12.2. The number of likely N-dealkylation sites (tertiary alicyclic amines) is 1. The molecule has 28 heavy (non-hydrogen) atoms. The van der Waals surface area contributed by atoms with Gasteiger partial charge in [0.1, 0.15) is 5.60 Å². The molecule has 0 aliphatic carbocycles. The first-order valence-electron chi connectivity index (χ1n) is 9.17. The zero-order valence-electron chi connectivity index (χ0n) is 14.6. The van der Waals surface area contributed by atoms with E-state index in [1.807, 2.05) is 0 Å². The van der Waals surface area contributed by atoms with Crippen LogP contribution in [0.1, 0.15) is 75.7 Å². The first-order valence-corrected chi connectivity index (χ1v) is 9.17. The molecule has 6 nitrogen and oxygen atoms in total. The summed E-state index contributed by atoms with van der Waals surface area (Å²) in [6.45, 7) is 6.45. The van der Waals surface area contributed by atoms with Crippen LogP contribution in [0.2, 0.25) is 0 Å². The third-order valence-corrected chi connectivity index (χ3v) is 5.05. The monoisotopic (exact) mass is 406 g/mol. The van der Waals surface area contributed by atoms with Crippen LogP contribution in [0.4, 0.5) is 0 Å². The van der Waals surface area contributed by atoms with Gasteiger partial charge >= 0.3 is 0 Å². The van der Waals surface area contributed by atoms with Crippen molar-refractivity contribution in [3.8, 4) is 0 Å². The summed E-state index contributed by atoms with van der Waals surface area (Å²) in [7, 11) is 2.19. The molecular formula is C22H54N4O2. The van der Waals surface area contributed by atoms with Gasteiger partial charge in [0, 0.05) is 19.1 Å². The Balaban J connectivity index is -0.000000151. The highest BCUT2D eigenvalue weighted by Crippen LogP contribution is 2.22. The van der Waals surface area contributed by atoms with E-state index in [1.165, 1.54) is 45.2 Å². The minimum absolute atomic E-state index is 0. The Kier molecular flexibility index (Phi) is 23.1. The molecule has 4 heterocycles. The van der Waals surface area contributed by atoms with Crippen molar-refractivity contribution in [1.82, 2.24) is 20.9 Å². The zero-order valence-corrected chi connectivity index (χ0v) is 14.6. The van der Waals surface area contributed by atoms with Crippen LogP contribution in [0.25, 0.3) is 0 Å². The van der Waals surface area contributed by atoms with Gasteiger partial charge in [0.25, 0.3) is 0 Å². The molecule has 4 rings (SSSR count). The molecule has 4 N–H and O–H groups in total. The smallest absolute Gasteiger partial charge is 0.160 e. The fourth-order valence-electron chi connectivity index (χ4n) is 3.22. The highest BCUT2D eigenvalue weighted by atomic mass is 16.3. The number of Topliss-reactive ketones (excluding diaryl/α,β-unsaturated/α-hetero) is 1. The van der Waals surface area contributed by atoms with Crippen molar-refractivity contribution >= 4 is 5.78 Å². The molecular weight excluding hydrogens is 352 g/mol. The van der Waals surface area contributed by atoms with Crippen LogP contribution in [0.3, 0.4) is 0 Å². The van der Waals surface area contributed by atoms with Crippen LogP contribution in [0.15, 0.2) is 0 Å². The van der Waals surface area contributed by atoms with E-state index in [0.717, 1.165) is 26.1 Å². The van der Waals surface area contributed by atoms with Gasteiger partial charge in [-0.05, 0) is 52.4 Å². The zero-order chi connectivity index (χ0) is 16.5. The molecule has 0 bridgehead atoms. The molecule has 6 heteroatoms. The molecule has 4 aliphatic heterocycles. The van der Waals surface area contributed by atoms with Crippen LogP contribution < -0.4 is 16.0 Å². The molecule has 174 valence electrons. The highest BCUT2D eigenvalue weighted by molar-refractivity contribution is 5.87. The Morgan fingerprint density at radius 3 is 1.68 bits per heavy atom. The second kappa shape index (κ2) is 18.5. The maximum atomic E-state index is 9.91. The first-order chi connectivity index (χ1) is 11.1. The van der Waals surface area contributed by atoms with E-state index in [-0.39, 0.29) is 37.1 Å². The molecule has 0 aromatic carbocycles. The van der Waals surface area contributed by atoms with E-state index >= 15 is 0 Å². The number of carbonyl (C=O) groups excluding carboxylic acids is 1. The molecule has 4 saturated heterocycles. The number of carbonyl (C=O) groups is 1. The molecule has 4 aliphatic rings. The molecule has 0 amide bonds. The van der Waals surface area contributed by atoms with E-state index in [9.17, 15) is 9.90 Å². The van der Waals surface area contributed by atoms with Crippen molar-refractivity contribution in [1.29, 1.82) is 0 Å². The maximum absolute atomic E-state index is 9.91. The number of hydrogen-bond donors (Lipinski definition) is 4. The summed E-state index contributed by atoms with van der Waals surface area (Å²) < 4.78 is 0. The fraction of sp³-hybridized carbons (Fsp3) is 0.955. The lowest BCUT2D eigenvalue weighted by molar-refractivity contribution is -0.121. The average molecular weight is 407 g/mol. The molecule has 0 radical (unpaired) electrons. The van der Waals surface area contributed by atoms with Gasteiger partial charge < -0.3 is 26.0 Å². The van der Waals surface area contributed by atoms with Crippen LogP contribution in [0, 0.1) is 0 Å². The summed E-state index contributed by atoms with van der Waals surface area (Å²) in [5, 5.41) is 19.2. The van der Waals surface area contributed by atoms with Crippen molar-refractivity contribution in [2.75, 3.05) is 52.9 Å². The number of aliphatic hydroxyl groups is 1. The minimum atomic E-state index is -0.430. The summed E-state index contributed by atoms with van der Waals surface area (Å²) in [6.07, 6.45) is 7.94. The van der Waals surface area contributed by atoms with Gasteiger partial charge in [-0.3, -0.25) is 4.79 Å². The Bertz CT molecular complexity index is 344. The number of rotatable bonds is 1. The summed E-state index contributed by atoms with van der Waals surface area (Å²) in [5.41, 5.74) is -0.430. The Morgan fingerprint density at radius 1 is 0.893 bits per heavy atom. The third-order valence-electron chi connectivity index (χ3n) is 5.05. The average Bonchev–Trinajstić information content (AvgIpc) is 2.53.